The van der Waals surface area contributed by atoms with Crippen LogP contribution in [-0.4, -0.2) is 33.1 Å². The molecule has 5 heteroatoms. The average molecular weight is 272 g/mol. The van der Waals surface area contributed by atoms with Gasteiger partial charge in [0.25, 0.3) is 5.91 Å². The predicted molar refractivity (Wildman–Crippen MR) is 74.5 cm³/mol. The summed E-state index contributed by atoms with van der Waals surface area (Å²) >= 11 is 0. The fourth-order valence-corrected chi connectivity index (χ4v) is 1.91. The van der Waals surface area contributed by atoms with E-state index in [1.165, 1.54) is 23.4 Å². The molecule has 1 atom stereocenters. The summed E-state index contributed by atoms with van der Waals surface area (Å²) in [7, 11) is 1.67. The maximum absolute atomic E-state index is 12.3. The first kappa shape index (κ1) is 13.9. The topological polar surface area (TPSA) is 73.7 Å². The molecular formula is C15H16N2O3. The van der Waals surface area contributed by atoms with Gasteiger partial charge in [-0.15, -0.1) is 0 Å². The van der Waals surface area contributed by atoms with Crippen molar-refractivity contribution in [2.75, 3.05) is 7.05 Å². The van der Waals surface area contributed by atoms with E-state index in [4.69, 9.17) is 0 Å². The minimum Gasteiger partial charge on any atom is -0.508 e. The van der Waals surface area contributed by atoms with Crippen molar-refractivity contribution in [2.45, 2.75) is 13.0 Å². The lowest BCUT2D eigenvalue weighted by molar-refractivity contribution is 0.0739. The molecule has 0 aliphatic rings. The molecule has 1 aromatic carbocycles. The molecule has 2 aromatic rings. The molecule has 0 aliphatic heterocycles. The lowest BCUT2D eigenvalue weighted by Gasteiger charge is -2.25. The van der Waals surface area contributed by atoms with E-state index in [9.17, 15) is 15.0 Å². The lowest BCUT2D eigenvalue weighted by atomic mass is 10.1. The largest absolute Gasteiger partial charge is 0.508 e. The van der Waals surface area contributed by atoms with Crippen LogP contribution in [0.25, 0.3) is 0 Å². The highest BCUT2D eigenvalue weighted by Crippen LogP contribution is 2.24. The maximum atomic E-state index is 12.3. The number of nitrogens with zero attached hydrogens (tertiary/aromatic N) is 2. The van der Waals surface area contributed by atoms with Gasteiger partial charge in [0.2, 0.25) is 0 Å². The number of aromatic nitrogens is 1. The molecule has 2 N–H and O–H groups in total. The molecule has 104 valence electrons. The first-order chi connectivity index (χ1) is 9.50. The highest BCUT2D eigenvalue weighted by Gasteiger charge is 2.21. The van der Waals surface area contributed by atoms with Gasteiger partial charge in [0, 0.05) is 13.2 Å². The summed E-state index contributed by atoms with van der Waals surface area (Å²) in [4.78, 5) is 17.6. The summed E-state index contributed by atoms with van der Waals surface area (Å²) in [5.41, 5.74) is 1.11. The number of aromatic hydroxyl groups is 2. The van der Waals surface area contributed by atoms with E-state index in [1.54, 1.807) is 31.3 Å². The highest BCUT2D eigenvalue weighted by molar-refractivity contribution is 5.96. The summed E-state index contributed by atoms with van der Waals surface area (Å²) in [6.07, 6.45) is 2.71. The second-order valence-corrected chi connectivity index (χ2v) is 4.58. The normalized spacial score (nSPS) is 11.9. The van der Waals surface area contributed by atoms with Crippen LogP contribution >= 0.6 is 0 Å². The summed E-state index contributed by atoms with van der Waals surface area (Å²) in [5.74, 6) is -0.241. The fraction of sp³-hybridized carbons (Fsp3) is 0.200. The van der Waals surface area contributed by atoms with E-state index in [0.29, 0.717) is 0 Å². The van der Waals surface area contributed by atoms with Gasteiger partial charge >= 0.3 is 0 Å². The summed E-state index contributed by atoms with van der Waals surface area (Å²) in [6.45, 7) is 1.88. The SMILES string of the molecule is CC(c1ccc(O)cc1)N(C)C(=O)c1ccncc1O. The molecule has 1 heterocycles. The Morgan fingerprint density at radius 3 is 2.45 bits per heavy atom. The van der Waals surface area contributed by atoms with Crippen LogP contribution in [0.1, 0.15) is 28.9 Å². The molecule has 20 heavy (non-hydrogen) atoms. The van der Waals surface area contributed by atoms with Crippen molar-refractivity contribution in [1.82, 2.24) is 9.88 Å². The number of phenolic OH excluding ortho intramolecular Hbond substituents is 1. The minimum atomic E-state index is -0.287. The standard InChI is InChI=1S/C15H16N2O3/c1-10(11-3-5-12(18)6-4-11)17(2)15(20)13-7-8-16-9-14(13)19/h3-10,18-19H,1-2H3. The Bertz CT molecular complexity index is 611. The van der Waals surface area contributed by atoms with Crippen molar-refractivity contribution in [3.05, 3.63) is 53.9 Å². The van der Waals surface area contributed by atoms with Crippen molar-refractivity contribution in [3.8, 4) is 11.5 Å². The van der Waals surface area contributed by atoms with Gasteiger partial charge in [-0.2, -0.15) is 0 Å². The zero-order valence-electron chi connectivity index (χ0n) is 11.3. The molecule has 2 rings (SSSR count). The second kappa shape index (κ2) is 5.61. The van der Waals surface area contributed by atoms with Gasteiger partial charge in [0.15, 0.2) is 0 Å². The Labute approximate surface area is 117 Å². The predicted octanol–water partition coefficient (Wildman–Crippen LogP) is 2.33. The van der Waals surface area contributed by atoms with Crippen LogP contribution in [0.2, 0.25) is 0 Å². The number of amides is 1. The van der Waals surface area contributed by atoms with Crippen LogP contribution in [0.5, 0.6) is 11.5 Å². The van der Waals surface area contributed by atoms with Gasteiger partial charge in [0.1, 0.15) is 11.5 Å². The van der Waals surface area contributed by atoms with Gasteiger partial charge in [-0.05, 0) is 30.7 Å². The molecule has 0 aliphatic carbocycles. The van der Waals surface area contributed by atoms with Crippen molar-refractivity contribution in [2.24, 2.45) is 0 Å². The van der Waals surface area contributed by atoms with Gasteiger partial charge in [-0.1, -0.05) is 12.1 Å². The molecule has 1 aromatic heterocycles. The number of pyridine rings is 1. The Morgan fingerprint density at radius 2 is 1.85 bits per heavy atom. The third-order valence-corrected chi connectivity index (χ3v) is 3.31. The summed E-state index contributed by atoms with van der Waals surface area (Å²) in [5, 5.41) is 19.0. The van der Waals surface area contributed by atoms with E-state index >= 15 is 0 Å². The molecule has 0 saturated carbocycles. The monoisotopic (exact) mass is 272 g/mol. The summed E-state index contributed by atoms with van der Waals surface area (Å²) in [6, 6.07) is 7.97. The van der Waals surface area contributed by atoms with Gasteiger partial charge in [-0.3, -0.25) is 9.78 Å². The van der Waals surface area contributed by atoms with E-state index in [2.05, 4.69) is 4.98 Å². The van der Waals surface area contributed by atoms with E-state index in [0.717, 1.165) is 5.56 Å². The number of carbonyl (C=O) groups is 1. The highest BCUT2D eigenvalue weighted by atomic mass is 16.3. The second-order valence-electron chi connectivity index (χ2n) is 4.58. The van der Waals surface area contributed by atoms with Crippen molar-refractivity contribution in [1.29, 1.82) is 0 Å². The van der Waals surface area contributed by atoms with Crippen LogP contribution in [0.15, 0.2) is 42.7 Å². The van der Waals surface area contributed by atoms with Crippen LogP contribution in [0, 0.1) is 0 Å². The third-order valence-electron chi connectivity index (χ3n) is 3.31. The molecule has 0 fully saturated rings. The lowest BCUT2D eigenvalue weighted by Crippen LogP contribution is -2.29. The number of benzene rings is 1. The van der Waals surface area contributed by atoms with E-state index < -0.39 is 0 Å². The molecule has 1 amide bonds. The Hall–Kier alpha value is -2.56. The van der Waals surface area contributed by atoms with Gasteiger partial charge in [0.05, 0.1) is 17.8 Å². The molecule has 0 saturated heterocycles. The fourth-order valence-electron chi connectivity index (χ4n) is 1.91. The number of hydrogen-bond donors (Lipinski definition) is 2. The van der Waals surface area contributed by atoms with Crippen LogP contribution in [0.3, 0.4) is 0 Å². The molecule has 1 unspecified atom stereocenters. The van der Waals surface area contributed by atoms with Gasteiger partial charge < -0.3 is 15.1 Å². The van der Waals surface area contributed by atoms with E-state index in [1.807, 2.05) is 6.92 Å². The maximum Gasteiger partial charge on any atom is 0.257 e. The van der Waals surface area contributed by atoms with Crippen molar-refractivity contribution >= 4 is 5.91 Å². The van der Waals surface area contributed by atoms with Crippen LogP contribution in [-0.2, 0) is 0 Å². The number of rotatable bonds is 3. The molecule has 0 radical (unpaired) electrons. The first-order valence-corrected chi connectivity index (χ1v) is 6.19. The van der Waals surface area contributed by atoms with Crippen molar-refractivity contribution < 1.29 is 15.0 Å². The minimum absolute atomic E-state index is 0.137. The smallest absolute Gasteiger partial charge is 0.257 e. The third kappa shape index (κ3) is 2.71. The van der Waals surface area contributed by atoms with Crippen LogP contribution in [0.4, 0.5) is 0 Å². The number of phenols is 1. The average Bonchev–Trinajstić information content (AvgIpc) is 2.46. The zero-order chi connectivity index (χ0) is 14.7. The molecular weight excluding hydrogens is 256 g/mol. The Morgan fingerprint density at radius 1 is 1.20 bits per heavy atom. The van der Waals surface area contributed by atoms with Gasteiger partial charge in [-0.25, -0.2) is 0 Å². The molecule has 5 nitrogen and oxygen atoms in total. The molecule has 0 spiro atoms. The van der Waals surface area contributed by atoms with Crippen LogP contribution < -0.4 is 0 Å². The first-order valence-electron chi connectivity index (χ1n) is 6.19. The quantitative estimate of drug-likeness (QED) is 0.899. The zero-order valence-corrected chi connectivity index (χ0v) is 11.3. The Balaban J connectivity index is 2.22. The van der Waals surface area contributed by atoms with E-state index in [-0.39, 0.29) is 29.0 Å². The Kier molecular flexibility index (Phi) is 3.89. The number of hydrogen-bond acceptors (Lipinski definition) is 4. The molecule has 0 bridgehead atoms. The summed E-state index contributed by atoms with van der Waals surface area (Å²) < 4.78 is 0. The van der Waals surface area contributed by atoms with Crippen molar-refractivity contribution in [3.63, 3.8) is 0 Å². The number of carbonyl (C=O) groups excluding carboxylic acids is 1.